The molecule has 23 heavy (non-hydrogen) atoms. The number of amides is 1. The minimum Gasteiger partial charge on any atom is -0.356 e. The molecule has 1 atom stereocenters. The van der Waals surface area contributed by atoms with E-state index in [1.807, 2.05) is 18.2 Å². The Hall–Kier alpha value is -1.36. The first-order valence-electron chi connectivity index (χ1n) is 8.52. The van der Waals surface area contributed by atoms with Crippen LogP contribution in [0.4, 0.5) is 0 Å². The smallest absolute Gasteiger partial charge is 0.221 e. The molecule has 0 heterocycles. The quantitative estimate of drug-likeness (QED) is 0.793. The van der Waals surface area contributed by atoms with Crippen molar-refractivity contribution in [3.8, 4) is 0 Å². The van der Waals surface area contributed by atoms with Crippen molar-refractivity contribution < 1.29 is 13.2 Å². The number of nitrogens with one attached hydrogen (secondary N) is 1. The molecule has 0 saturated heterocycles. The molecule has 0 unspecified atom stereocenters. The molecule has 1 N–H and O–H groups in total. The van der Waals surface area contributed by atoms with E-state index in [-0.39, 0.29) is 23.3 Å². The van der Waals surface area contributed by atoms with Crippen molar-refractivity contribution in [2.75, 3.05) is 12.3 Å². The van der Waals surface area contributed by atoms with E-state index in [1.54, 1.807) is 0 Å². The minimum absolute atomic E-state index is 0.0161. The van der Waals surface area contributed by atoms with Gasteiger partial charge in [0.25, 0.3) is 0 Å². The Labute approximate surface area is 139 Å². The summed E-state index contributed by atoms with van der Waals surface area (Å²) in [5, 5.41) is 2.63. The SMILES string of the molecule is C[C@@H](CCNC(=O)CCS(=O)(=O)C1CCCC1)c1ccccc1. The lowest BCUT2D eigenvalue weighted by molar-refractivity contribution is -0.120. The molecule has 5 heteroatoms. The normalized spacial score (nSPS) is 17.1. The average molecular weight is 337 g/mol. The fourth-order valence-corrected chi connectivity index (χ4v) is 4.97. The molecule has 1 amide bonds. The van der Waals surface area contributed by atoms with Gasteiger partial charge in [-0.15, -0.1) is 0 Å². The zero-order valence-corrected chi connectivity index (χ0v) is 14.6. The minimum atomic E-state index is -3.10. The molecule has 0 aromatic heterocycles. The van der Waals surface area contributed by atoms with Crippen LogP contribution in [0.15, 0.2) is 30.3 Å². The molecule has 0 bridgehead atoms. The van der Waals surface area contributed by atoms with E-state index in [2.05, 4.69) is 24.4 Å². The van der Waals surface area contributed by atoms with Gasteiger partial charge in [-0.3, -0.25) is 4.79 Å². The van der Waals surface area contributed by atoms with Gasteiger partial charge in [-0.05, 0) is 30.7 Å². The molecule has 0 aliphatic heterocycles. The maximum atomic E-state index is 12.1. The highest BCUT2D eigenvalue weighted by molar-refractivity contribution is 7.92. The highest BCUT2D eigenvalue weighted by Gasteiger charge is 2.28. The number of hydrogen-bond acceptors (Lipinski definition) is 3. The molecule has 1 aromatic carbocycles. The maximum absolute atomic E-state index is 12.1. The van der Waals surface area contributed by atoms with Crippen LogP contribution >= 0.6 is 0 Å². The number of carbonyl (C=O) groups excluding carboxylic acids is 1. The second kappa shape index (κ2) is 8.48. The predicted molar refractivity (Wildman–Crippen MR) is 93.1 cm³/mol. The number of benzene rings is 1. The van der Waals surface area contributed by atoms with Crippen LogP contribution in [0.5, 0.6) is 0 Å². The van der Waals surface area contributed by atoms with E-state index >= 15 is 0 Å². The molecule has 4 nitrogen and oxygen atoms in total. The molecule has 1 aliphatic rings. The third-order valence-electron chi connectivity index (χ3n) is 4.69. The lowest BCUT2D eigenvalue weighted by Gasteiger charge is -2.13. The largest absolute Gasteiger partial charge is 0.356 e. The van der Waals surface area contributed by atoms with Gasteiger partial charge >= 0.3 is 0 Å². The number of rotatable bonds is 8. The lowest BCUT2D eigenvalue weighted by Crippen LogP contribution is -2.29. The Morgan fingerprint density at radius 3 is 2.52 bits per heavy atom. The average Bonchev–Trinajstić information content (AvgIpc) is 3.09. The second-order valence-electron chi connectivity index (χ2n) is 6.47. The summed E-state index contributed by atoms with van der Waals surface area (Å²) in [5.41, 5.74) is 1.26. The van der Waals surface area contributed by atoms with E-state index in [4.69, 9.17) is 0 Å². The topological polar surface area (TPSA) is 63.2 Å². The summed E-state index contributed by atoms with van der Waals surface area (Å²) in [6.07, 6.45) is 4.45. The fraction of sp³-hybridized carbons (Fsp3) is 0.611. The van der Waals surface area contributed by atoms with Crippen LogP contribution in [-0.2, 0) is 14.6 Å². The molecule has 0 radical (unpaired) electrons. The van der Waals surface area contributed by atoms with Gasteiger partial charge in [-0.25, -0.2) is 8.42 Å². The van der Waals surface area contributed by atoms with Gasteiger partial charge in [0.05, 0.1) is 11.0 Å². The summed E-state index contributed by atoms with van der Waals surface area (Å²) in [6, 6.07) is 10.2. The van der Waals surface area contributed by atoms with Gasteiger partial charge in [0, 0.05) is 13.0 Å². The summed E-state index contributed by atoms with van der Waals surface area (Å²) in [4.78, 5) is 11.8. The van der Waals surface area contributed by atoms with Crippen molar-refractivity contribution in [1.82, 2.24) is 5.32 Å². The molecular formula is C18H27NO3S. The summed E-state index contributed by atoms with van der Waals surface area (Å²) < 4.78 is 24.2. The first-order chi connectivity index (χ1) is 11.0. The Balaban J connectivity index is 1.67. The molecule has 1 aromatic rings. The summed E-state index contributed by atoms with van der Waals surface area (Å²) in [6.45, 7) is 2.71. The van der Waals surface area contributed by atoms with Crippen molar-refractivity contribution in [3.05, 3.63) is 35.9 Å². The molecule has 128 valence electrons. The highest BCUT2D eigenvalue weighted by atomic mass is 32.2. The van der Waals surface area contributed by atoms with Crippen LogP contribution < -0.4 is 5.32 Å². The van der Waals surface area contributed by atoms with Crippen LogP contribution in [0.25, 0.3) is 0 Å². The summed E-state index contributed by atoms with van der Waals surface area (Å²) in [5.74, 6) is 0.197. The summed E-state index contributed by atoms with van der Waals surface area (Å²) >= 11 is 0. The van der Waals surface area contributed by atoms with E-state index in [0.717, 1.165) is 32.1 Å². The Bertz CT molecular complexity index is 592. The highest BCUT2D eigenvalue weighted by Crippen LogP contribution is 2.25. The van der Waals surface area contributed by atoms with Gasteiger partial charge in [0.2, 0.25) is 5.91 Å². The van der Waals surface area contributed by atoms with Gasteiger partial charge in [-0.2, -0.15) is 0 Å². The van der Waals surface area contributed by atoms with E-state index in [0.29, 0.717) is 12.5 Å². The van der Waals surface area contributed by atoms with E-state index in [1.165, 1.54) is 5.56 Å². The molecule has 2 rings (SSSR count). The fourth-order valence-electron chi connectivity index (χ4n) is 3.11. The van der Waals surface area contributed by atoms with Gasteiger partial charge in [0.15, 0.2) is 9.84 Å². The Kier molecular flexibility index (Phi) is 6.63. The number of carbonyl (C=O) groups is 1. The Morgan fingerprint density at radius 2 is 1.87 bits per heavy atom. The van der Waals surface area contributed by atoms with Crippen LogP contribution in [0.3, 0.4) is 0 Å². The molecule has 1 aliphatic carbocycles. The van der Waals surface area contributed by atoms with Crippen molar-refractivity contribution >= 4 is 15.7 Å². The monoisotopic (exact) mass is 337 g/mol. The molecular weight excluding hydrogens is 310 g/mol. The maximum Gasteiger partial charge on any atom is 0.221 e. The first-order valence-corrected chi connectivity index (χ1v) is 10.2. The Morgan fingerprint density at radius 1 is 1.22 bits per heavy atom. The third kappa shape index (κ3) is 5.65. The van der Waals surface area contributed by atoms with Crippen molar-refractivity contribution in [1.29, 1.82) is 0 Å². The number of hydrogen-bond donors (Lipinski definition) is 1. The van der Waals surface area contributed by atoms with E-state index in [9.17, 15) is 13.2 Å². The molecule has 0 spiro atoms. The third-order valence-corrected chi connectivity index (χ3v) is 6.95. The van der Waals surface area contributed by atoms with Gasteiger partial charge in [-0.1, -0.05) is 50.1 Å². The number of sulfone groups is 1. The molecule has 1 saturated carbocycles. The van der Waals surface area contributed by atoms with Crippen LogP contribution in [0.2, 0.25) is 0 Å². The van der Waals surface area contributed by atoms with Gasteiger partial charge < -0.3 is 5.32 Å². The van der Waals surface area contributed by atoms with Crippen LogP contribution in [0, 0.1) is 0 Å². The lowest BCUT2D eigenvalue weighted by atomic mass is 9.98. The zero-order valence-electron chi connectivity index (χ0n) is 13.8. The van der Waals surface area contributed by atoms with Crippen molar-refractivity contribution in [2.24, 2.45) is 0 Å². The second-order valence-corrected chi connectivity index (χ2v) is 8.87. The van der Waals surface area contributed by atoms with Crippen LogP contribution in [-0.4, -0.2) is 31.9 Å². The van der Waals surface area contributed by atoms with Crippen molar-refractivity contribution in [3.63, 3.8) is 0 Å². The predicted octanol–water partition coefficient (Wildman–Crippen LogP) is 3.04. The van der Waals surface area contributed by atoms with E-state index < -0.39 is 9.84 Å². The standard InChI is InChI=1S/C18H27NO3S/c1-15(16-7-3-2-4-8-16)11-13-19-18(20)12-14-23(21,22)17-9-5-6-10-17/h2-4,7-8,15,17H,5-6,9-14H2,1H3,(H,19,20)/t15-/m0/s1. The van der Waals surface area contributed by atoms with Crippen molar-refractivity contribution in [2.45, 2.75) is 56.6 Å². The van der Waals surface area contributed by atoms with Gasteiger partial charge in [0.1, 0.15) is 0 Å². The summed E-state index contributed by atoms with van der Waals surface area (Å²) in [7, 11) is -3.10. The molecule has 1 fully saturated rings. The first kappa shape index (κ1) is 18.0. The zero-order chi connectivity index (χ0) is 16.7. The van der Waals surface area contributed by atoms with Crippen LogP contribution in [0.1, 0.15) is 56.9 Å².